The minimum atomic E-state index is -1.00. The number of carbonyl (C=O) groups is 2. The van der Waals surface area contributed by atoms with Gasteiger partial charge in [0.05, 0.1) is 4.92 Å². The van der Waals surface area contributed by atoms with Gasteiger partial charge in [0.15, 0.2) is 0 Å². The summed E-state index contributed by atoms with van der Waals surface area (Å²) < 4.78 is 4.98. The van der Waals surface area contributed by atoms with Gasteiger partial charge in [-0.2, -0.15) is 4.79 Å². The van der Waals surface area contributed by atoms with Crippen LogP contribution in [0.3, 0.4) is 0 Å². The molecule has 0 spiro atoms. The molecule has 0 aliphatic heterocycles. The van der Waals surface area contributed by atoms with Crippen LogP contribution in [0.1, 0.15) is 25.8 Å². The van der Waals surface area contributed by atoms with Gasteiger partial charge in [0, 0.05) is 18.1 Å². The molecule has 0 unspecified atom stereocenters. The fraction of sp³-hybridized carbons (Fsp3) is 0.400. The highest BCUT2D eigenvalue weighted by atomic mass is 16.6. The molecule has 1 rings (SSSR count). The van der Waals surface area contributed by atoms with Crippen LogP contribution < -0.4 is 5.73 Å². The Hall–Kier alpha value is -3.06. The first-order valence-electron chi connectivity index (χ1n) is 7.07. The van der Waals surface area contributed by atoms with E-state index in [2.05, 4.69) is 4.79 Å². The van der Waals surface area contributed by atoms with Crippen molar-refractivity contribution in [1.29, 1.82) is 0 Å². The first-order valence-corrected chi connectivity index (χ1v) is 7.07. The SMILES string of the molecule is CC(C)(C[C@H](Cc1ccc([N+](=O)[O-])cc1)C(=O)C=[N+]=[N-])OC(N)=O. The Balaban J connectivity index is 2.97. The lowest BCUT2D eigenvalue weighted by molar-refractivity contribution is -0.384. The average Bonchev–Trinajstić information content (AvgIpc) is 2.45. The van der Waals surface area contributed by atoms with Crippen molar-refractivity contribution in [2.75, 3.05) is 0 Å². The molecule has 1 aromatic carbocycles. The van der Waals surface area contributed by atoms with E-state index in [1.165, 1.54) is 24.3 Å². The number of hydrogen-bond acceptors (Lipinski definition) is 5. The van der Waals surface area contributed by atoms with E-state index in [1.807, 2.05) is 0 Å². The van der Waals surface area contributed by atoms with Crippen LogP contribution in [0.2, 0.25) is 0 Å². The van der Waals surface area contributed by atoms with Crippen molar-refractivity contribution in [3.63, 3.8) is 0 Å². The number of non-ortho nitro benzene ring substituents is 1. The fourth-order valence-corrected chi connectivity index (χ4v) is 2.38. The first-order chi connectivity index (χ1) is 11.1. The highest BCUT2D eigenvalue weighted by Crippen LogP contribution is 2.25. The molecule has 9 nitrogen and oxygen atoms in total. The summed E-state index contributed by atoms with van der Waals surface area (Å²) in [5.74, 6) is -1.12. The van der Waals surface area contributed by atoms with Crippen molar-refractivity contribution in [3.05, 3.63) is 45.5 Å². The van der Waals surface area contributed by atoms with E-state index in [0.717, 1.165) is 6.21 Å². The highest BCUT2D eigenvalue weighted by Gasteiger charge is 2.31. The lowest BCUT2D eigenvalue weighted by Crippen LogP contribution is -2.36. The Morgan fingerprint density at radius 3 is 2.46 bits per heavy atom. The quantitative estimate of drug-likeness (QED) is 0.253. The lowest BCUT2D eigenvalue weighted by Gasteiger charge is -2.27. The molecule has 0 aliphatic carbocycles. The summed E-state index contributed by atoms with van der Waals surface area (Å²) in [7, 11) is 0. The van der Waals surface area contributed by atoms with Crippen LogP contribution in [0.5, 0.6) is 0 Å². The molecule has 24 heavy (non-hydrogen) atoms. The monoisotopic (exact) mass is 334 g/mol. The molecule has 1 atom stereocenters. The second-order valence-corrected chi connectivity index (χ2v) is 5.86. The zero-order chi connectivity index (χ0) is 18.3. The Morgan fingerprint density at radius 2 is 2.00 bits per heavy atom. The number of nitrogens with two attached hydrogens (primary N) is 1. The fourth-order valence-electron chi connectivity index (χ4n) is 2.38. The predicted octanol–water partition coefficient (Wildman–Crippen LogP) is 1.89. The summed E-state index contributed by atoms with van der Waals surface area (Å²) >= 11 is 0. The minimum Gasteiger partial charge on any atom is -0.444 e. The van der Waals surface area contributed by atoms with E-state index in [9.17, 15) is 19.7 Å². The van der Waals surface area contributed by atoms with Gasteiger partial charge in [-0.25, -0.2) is 4.79 Å². The summed E-state index contributed by atoms with van der Waals surface area (Å²) in [5.41, 5.74) is 13.2. The third-order valence-electron chi connectivity index (χ3n) is 3.33. The van der Waals surface area contributed by atoms with Crippen molar-refractivity contribution in [2.24, 2.45) is 11.7 Å². The average molecular weight is 334 g/mol. The summed E-state index contributed by atoms with van der Waals surface area (Å²) in [5, 5.41) is 10.7. The van der Waals surface area contributed by atoms with Gasteiger partial charge in [-0.05, 0) is 32.3 Å². The summed E-state index contributed by atoms with van der Waals surface area (Å²) in [4.78, 5) is 35.9. The van der Waals surface area contributed by atoms with Crippen LogP contribution in [0.4, 0.5) is 10.5 Å². The first kappa shape index (κ1) is 19.0. The standard InChI is InChI=1S/C15H18N4O5/c1-15(2,24-14(16)21)8-11(13(20)9-18-17)7-10-3-5-12(6-4-10)19(22)23/h3-6,9,11H,7-8H2,1-2H3,(H2,16,21)/t11-/m0/s1. The molecule has 0 saturated heterocycles. The van der Waals surface area contributed by atoms with Crippen LogP contribution >= 0.6 is 0 Å². The Bertz CT molecular complexity index is 678. The molecule has 9 heteroatoms. The van der Waals surface area contributed by atoms with E-state index < -0.39 is 28.3 Å². The van der Waals surface area contributed by atoms with Gasteiger partial charge in [-0.3, -0.25) is 14.9 Å². The highest BCUT2D eigenvalue weighted by molar-refractivity contribution is 6.26. The maximum Gasteiger partial charge on any atom is 0.405 e. The number of nitro groups is 1. The predicted molar refractivity (Wildman–Crippen MR) is 84.3 cm³/mol. The van der Waals surface area contributed by atoms with Gasteiger partial charge in [-0.15, -0.1) is 0 Å². The normalized spacial score (nSPS) is 11.9. The Morgan fingerprint density at radius 1 is 1.42 bits per heavy atom. The van der Waals surface area contributed by atoms with Crippen LogP contribution in [-0.4, -0.2) is 33.4 Å². The molecule has 0 saturated carbocycles. The molecule has 0 aromatic heterocycles. The molecule has 128 valence electrons. The molecule has 1 amide bonds. The molecule has 0 aliphatic rings. The molecule has 0 radical (unpaired) electrons. The number of nitrogens with zero attached hydrogens (tertiary/aromatic N) is 3. The maximum absolute atomic E-state index is 12.1. The molecule has 0 heterocycles. The zero-order valence-corrected chi connectivity index (χ0v) is 13.3. The Kier molecular flexibility index (Phi) is 6.31. The number of ether oxygens (including phenoxy) is 1. The van der Waals surface area contributed by atoms with E-state index in [4.69, 9.17) is 16.0 Å². The van der Waals surface area contributed by atoms with Gasteiger partial charge >= 0.3 is 12.3 Å². The van der Waals surface area contributed by atoms with Crippen LogP contribution in [0, 0.1) is 16.0 Å². The van der Waals surface area contributed by atoms with Crippen molar-refractivity contribution in [1.82, 2.24) is 0 Å². The van der Waals surface area contributed by atoms with Gasteiger partial charge < -0.3 is 16.0 Å². The number of carbonyl (C=O) groups excluding carboxylic acids is 2. The number of rotatable bonds is 8. The zero-order valence-electron chi connectivity index (χ0n) is 13.3. The van der Waals surface area contributed by atoms with Crippen LogP contribution in [-0.2, 0) is 16.0 Å². The smallest absolute Gasteiger partial charge is 0.405 e. The molecule has 0 bridgehead atoms. The minimum absolute atomic E-state index is 0.0593. The molecular weight excluding hydrogens is 316 g/mol. The number of hydrogen-bond donors (Lipinski definition) is 1. The van der Waals surface area contributed by atoms with Crippen LogP contribution in [0.15, 0.2) is 24.3 Å². The topological polar surface area (TPSA) is 149 Å². The number of Topliss-reactive ketones (excluding diaryl/α,β-unsaturated/α-hetero) is 1. The van der Waals surface area contributed by atoms with E-state index in [0.29, 0.717) is 5.56 Å². The largest absolute Gasteiger partial charge is 0.444 e. The summed E-state index contributed by atoms with van der Waals surface area (Å²) in [6.45, 7) is 3.20. The van der Waals surface area contributed by atoms with Crippen molar-refractivity contribution in [2.45, 2.75) is 32.3 Å². The van der Waals surface area contributed by atoms with Crippen molar-refractivity contribution >= 4 is 23.8 Å². The van der Waals surface area contributed by atoms with Gasteiger partial charge in [-0.1, -0.05) is 12.1 Å². The van der Waals surface area contributed by atoms with E-state index >= 15 is 0 Å². The van der Waals surface area contributed by atoms with Gasteiger partial charge in [0.1, 0.15) is 5.60 Å². The van der Waals surface area contributed by atoms with E-state index in [-0.39, 0.29) is 18.5 Å². The van der Waals surface area contributed by atoms with Crippen molar-refractivity contribution in [3.8, 4) is 0 Å². The Labute approximate surface area is 138 Å². The second-order valence-electron chi connectivity index (χ2n) is 5.86. The molecular formula is C15H18N4O5. The number of nitro benzene ring substituents is 1. The number of benzene rings is 1. The number of amides is 1. The maximum atomic E-state index is 12.1. The summed E-state index contributed by atoms with van der Waals surface area (Å²) in [6, 6.07) is 5.75. The van der Waals surface area contributed by atoms with E-state index in [1.54, 1.807) is 13.8 Å². The van der Waals surface area contributed by atoms with Gasteiger partial charge in [0.2, 0.25) is 5.78 Å². The third kappa shape index (κ3) is 5.98. The number of ketones is 1. The van der Waals surface area contributed by atoms with Crippen LogP contribution in [0.25, 0.3) is 5.53 Å². The molecule has 2 N–H and O–H groups in total. The molecule has 0 fully saturated rings. The second kappa shape index (κ2) is 7.98. The number of primary amides is 1. The third-order valence-corrected chi connectivity index (χ3v) is 3.33. The lowest BCUT2D eigenvalue weighted by atomic mass is 9.85. The summed E-state index contributed by atoms with van der Waals surface area (Å²) in [6.07, 6.45) is 0.181. The van der Waals surface area contributed by atoms with Gasteiger partial charge in [0.25, 0.3) is 5.69 Å². The molecule has 1 aromatic rings. The van der Waals surface area contributed by atoms with Crippen molar-refractivity contribution < 1.29 is 24.0 Å².